The molecule has 2 heterocycles. The summed E-state index contributed by atoms with van der Waals surface area (Å²) in [6.45, 7) is 3.93. The maximum absolute atomic E-state index is 3.71. The van der Waals surface area contributed by atoms with Crippen LogP contribution in [0, 0.1) is 17.3 Å². The molecule has 0 radical (unpaired) electrons. The number of rotatable bonds is 1. The highest BCUT2D eigenvalue weighted by molar-refractivity contribution is 5.38. The second kappa shape index (κ2) is 5.12. The first-order chi connectivity index (χ1) is 10.9. The van der Waals surface area contributed by atoms with E-state index in [0.717, 1.165) is 17.9 Å². The summed E-state index contributed by atoms with van der Waals surface area (Å²) in [5.41, 5.74) is 3.78. The lowest BCUT2D eigenvalue weighted by atomic mass is 9.61. The molecule has 120 valence electrons. The van der Waals surface area contributed by atoms with Crippen molar-refractivity contribution in [2.45, 2.75) is 63.8 Å². The van der Waals surface area contributed by atoms with Gasteiger partial charge >= 0.3 is 0 Å². The average Bonchev–Trinajstić information content (AvgIpc) is 2.90. The highest BCUT2D eigenvalue weighted by atomic mass is 15.2. The van der Waals surface area contributed by atoms with E-state index in [4.69, 9.17) is 0 Å². The van der Waals surface area contributed by atoms with Crippen LogP contribution < -0.4 is 5.32 Å². The summed E-state index contributed by atoms with van der Waals surface area (Å²) in [7, 11) is 0. The van der Waals surface area contributed by atoms with Crippen LogP contribution in [0.5, 0.6) is 0 Å². The largest absolute Gasteiger partial charge is 0.384 e. The Bertz CT molecular complexity index is 510. The molecule has 3 aliphatic carbocycles. The van der Waals surface area contributed by atoms with Crippen LogP contribution in [0.25, 0.3) is 0 Å². The Morgan fingerprint density at radius 2 is 2.00 bits per heavy atom. The van der Waals surface area contributed by atoms with E-state index < -0.39 is 0 Å². The lowest BCUT2D eigenvalue weighted by Crippen LogP contribution is -2.57. The molecule has 3 unspecified atom stereocenters. The Hall–Kier alpha value is -0.760. The molecule has 2 aliphatic heterocycles. The smallest absolute Gasteiger partial charge is 0.0335 e. The monoisotopic (exact) mass is 298 g/mol. The first-order valence-corrected chi connectivity index (χ1v) is 9.74. The maximum atomic E-state index is 3.71. The zero-order valence-corrected chi connectivity index (χ0v) is 13.8. The van der Waals surface area contributed by atoms with Gasteiger partial charge in [-0.2, -0.15) is 0 Å². The van der Waals surface area contributed by atoms with Gasteiger partial charge in [0.25, 0.3) is 0 Å². The molecule has 1 spiro atoms. The van der Waals surface area contributed by atoms with Crippen molar-refractivity contribution in [3.05, 3.63) is 23.4 Å². The number of nitrogens with zero attached hydrogens (tertiary/aromatic N) is 1. The maximum Gasteiger partial charge on any atom is 0.0335 e. The summed E-state index contributed by atoms with van der Waals surface area (Å²) < 4.78 is 0. The molecule has 5 aliphatic rings. The van der Waals surface area contributed by atoms with Crippen LogP contribution in [0.15, 0.2) is 23.4 Å². The summed E-state index contributed by atoms with van der Waals surface area (Å²) in [4.78, 5) is 2.88. The van der Waals surface area contributed by atoms with E-state index >= 15 is 0 Å². The first kappa shape index (κ1) is 13.7. The molecule has 1 saturated heterocycles. The normalized spacial score (nSPS) is 40.1. The van der Waals surface area contributed by atoms with Crippen molar-refractivity contribution < 1.29 is 0 Å². The predicted molar refractivity (Wildman–Crippen MR) is 90.5 cm³/mol. The highest BCUT2D eigenvalue weighted by Crippen LogP contribution is 2.51. The lowest BCUT2D eigenvalue weighted by Gasteiger charge is -2.55. The third-order valence-electron chi connectivity index (χ3n) is 7.66. The van der Waals surface area contributed by atoms with Crippen molar-refractivity contribution in [1.82, 2.24) is 10.2 Å². The van der Waals surface area contributed by atoms with Crippen molar-refractivity contribution in [2.75, 3.05) is 19.6 Å². The van der Waals surface area contributed by atoms with Gasteiger partial charge < -0.3 is 10.2 Å². The molecular weight excluding hydrogens is 268 g/mol. The van der Waals surface area contributed by atoms with Crippen LogP contribution in [-0.4, -0.2) is 30.6 Å². The van der Waals surface area contributed by atoms with Crippen LogP contribution in [0.4, 0.5) is 0 Å². The topological polar surface area (TPSA) is 15.3 Å². The Morgan fingerprint density at radius 3 is 2.86 bits per heavy atom. The minimum atomic E-state index is 0.520. The fraction of sp³-hybridized carbons (Fsp3) is 0.800. The number of nitrogens with one attached hydrogen (secondary N) is 1. The van der Waals surface area contributed by atoms with E-state index in [0.29, 0.717) is 5.41 Å². The quantitative estimate of drug-likeness (QED) is 0.791. The zero-order chi connectivity index (χ0) is 14.6. The summed E-state index contributed by atoms with van der Waals surface area (Å²) in [6, 6.07) is 0.955. The molecule has 0 aromatic carbocycles. The van der Waals surface area contributed by atoms with Crippen molar-refractivity contribution in [3.8, 4) is 0 Å². The molecule has 2 nitrogen and oxygen atoms in total. The summed E-state index contributed by atoms with van der Waals surface area (Å²) in [5, 5.41) is 3.71. The third-order valence-corrected chi connectivity index (χ3v) is 7.66. The van der Waals surface area contributed by atoms with Crippen LogP contribution in [0.2, 0.25) is 0 Å². The fourth-order valence-corrected chi connectivity index (χ4v) is 6.26. The molecule has 5 rings (SSSR count). The molecule has 22 heavy (non-hydrogen) atoms. The van der Waals surface area contributed by atoms with Gasteiger partial charge in [-0.15, -0.1) is 0 Å². The van der Waals surface area contributed by atoms with Crippen molar-refractivity contribution >= 4 is 0 Å². The molecule has 0 aromatic heterocycles. The Labute approximate surface area is 135 Å². The third kappa shape index (κ3) is 1.95. The van der Waals surface area contributed by atoms with E-state index in [9.17, 15) is 0 Å². The highest BCUT2D eigenvalue weighted by Gasteiger charge is 2.48. The van der Waals surface area contributed by atoms with E-state index in [2.05, 4.69) is 22.4 Å². The number of hydrogen-bond donors (Lipinski definition) is 1. The molecule has 2 saturated carbocycles. The van der Waals surface area contributed by atoms with Gasteiger partial charge in [0, 0.05) is 23.7 Å². The van der Waals surface area contributed by atoms with E-state index in [1.54, 1.807) is 5.57 Å². The van der Waals surface area contributed by atoms with E-state index in [1.807, 2.05) is 0 Å². The van der Waals surface area contributed by atoms with Crippen LogP contribution >= 0.6 is 0 Å². The molecule has 0 aromatic rings. The number of fused-ring (bicyclic) bond motifs is 2. The van der Waals surface area contributed by atoms with Gasteiger partial charge in [-0.3, -0.25) is 0 Å². The molecule has 3 atom stereocenters. The minimum absolute atomic E-state index is 0.520. The lowest BCUT2D eigenvalue weighted by molar-refractivity contribution is -0.0426. The summed E-state index contributed by atoms with van der Waals surface area (Å²) in [6.07, 6.45) is 17.7. The van der Waals surface area contributed by atoms with Gasteiger partial charge in [0.15, 0.2) is 0 Å². The van der Waals surface area contributed by atoms with Gasteiger partial charge in [-0.1, -0.05) is 25.3 Å². The average molecular weight is 298 g/mol. The standard InChI is InChI=1S/C20H30N2/c1-2-6-16-15(5-1)13-19(16)22-11-9-20(10-12-22)14-21-18-8-4-3-7-17(18)20/h4,8,15-16,19,21H,1-3,5-7,9-14H2. The van der Waals surface area contributed by atoms with Crippen molar-refractivity contribution in [2.24, 2.45) is 17.3 Å². The fourth-order valence-electron chi connectivity index (χ4n) is 6.26. The van der Waals surface area contributed by atoms with Gasteiger partial charge in [-0.25, -0.2) is 0 Å². The van der Waals surface area contributed by atoms with Gasteiger partial charge in [-0.05, 0) is 75.1 Å². The Kier molecular flexibility index (Phi) is 3.18. The minimum Gasteiger partial charge on any atom is -0.384 e. The molecule has 0 bridgehead atoms. The number of likely N-dealkylation sites (tertiary alicyclic amines) is 1. The second-order valence-corrected chi connectivity index (χ2v) is 8.51. The van der Waals surface area contributed by atoms with Gasteiger partial charge in [0.1, 0.15) is 0 Å². The SMILES string of the molecule is C1=CC2=C(CC1)C1(CCN(C3CC4CCCCC43)CC1)CN2. The van der Waals surface area contributed by atoms with Crippen LogP contribution in [0.3, 0.4) is 0 Å². The van der Waals surface area contributed by atoms with Crippen molar-refractivity contribution in [1.29, 1.82) is 0 Å². The first-order valence-electron chi connectivity index (χ1n) is 9.74. The van der Waals surface area contributed by atoms with E-state index in [-0.39, 0.29) is 0 Å². The number of hydrogen-bond acceptors (Lipinski definition) is 2. The molecule has 3 fully saturated rings. The van der Waals surface area contributed by atoms with Crippen LogP contribution in [0.1, 0.15) is 57.8 Å². The number of piperidine rings is 1. The summed E-state index contributed by atoms with van der Waals surface area (Å²) >= 11 is 0. The molecular formula is C20H30N2. The van der Waals surface area contributed by atoms with Crippen molar-refractivity contribution in [3.63, 3.8) is 0 Å². The second-order valence-electron chi connectivity index (χ2n) is 8.51. The van der Waals surface area contributed by atoms with Gasteiger partial charge in [0.05, 0.1) is 0 Å². The Balaban J connectivity index is 1.26. The molecule has 1 N–H and O–H groups in total. The zero-order valence-electron chi connectivity index (χ0n) is 13.8. The van der Waals surface area contributed by atoms with Crippen LogP contribution in [-0.2, 0) is 0 Å². The summed E-state index contributed by atoms with van der Waals surface area (Å²) in [5.74, 6) is 2.16. The molecule has 2 heteroatoms. The Morgan fingerprint density at radius 1 is 1.14 bits per heavy atom. The van der Waals surface area contributed by atoms with E-state index in [1.165, 1.54) is 83.1 Å². The predicted octanol–water partition coefficient (Wildman–Crippen LogP) is 3.85. The molecule has 0 amide bonds. The van der Waals surface area contributed by atoms with Gasteiger partial charge in [0.2, 0.25) is 0 Å². The number of allylic oxidation sites excluding steroid dienone is 2.